The third kappa shape index (κ3) is 3.28. The van der Waals surface area contributed by atoms with Gasteiger partial charge in [-0.1, -0.05) is 6.92 Å². The lowest BCUT2D eigenvalue weighted by molar-refractivity contribution is 0.0666. The molecule has 15 heavy (non-hydrogen) atoms. The number of hydrogen-bond donors (Lipinski definition) is 2. The Morgan fingerprint density at radius 2 is 2.20 bits per heavy atom. The van der Waals surface area contributed by atoms with E-state index in [0.717, 1.165) is 24.5 Å². The first-order valence-electron chi connectivity index (χ1n) is 5.29. The second kappa shape index (κ2) is 4.72. The number of nitrogens with two attached hydrogens (primary N) is 1. The van der Waals surface area contributed by atoms with Crippen molar-refractivity contribution < 1.29 is 5.11 Å². The van der Waals surface area contributed by atoms with Crippen LogP contribution < -0.4 is 5.73 Å². The van der Waals surface area contributed by atoms with Crippen LogP contribution in [-0.4, -0.2) is 32.0 Å². The van der Waals surface area contributed by atoms with Crippen molar-refractivity contribution in [3.63, 3.8) is 0 Å². The molecule has 1 aromatic rings. The van der Waals surface area contributed by atoms with Crippen molar-refractivity contribution in [1.82, 2.24) is 14.8 Å². The molecule has 1 rings (SSSR count). The highest BCUT2D eigenvalue weighted by molar-refractivity contribution is 4.97. The fourth-order valence-electron chi connectivity index (χ4n) is 1.37. The minimum Gasteiger partial charge on any atom is -0.388 e. The van der Waals surface area contributed by atoms with Gasteiger partial charge in [0.05, 0.1) is 5.60 Å². The van der Waals surface area contributed by atoms with Gasteiger partial charge in [-0.25, -0.2) is 4.98 Å². The molecule has 0 saturated carbocycles. The average Bonchev–Trinajstić information content (AvgIpc) is 2.47. The van der Waals surface area contributed by atoms with Crippen LogP contribution in [0.2, 0.25) is 0 Å². The van der Waals surface area contributed by atoms with Crippen LogP contribution in [0.5, 0.6) is 0 Å². The molecule has 5 nitrogen and oxygen atoms in total. The highest BCUT2D eigenvalue weighted by Crippen LogP contribution is 2.10. The van der Waals surface area contributed by atoms with Crippen molar-refractivity contribution in [2.24, 2.45) is 12.8 Å². The lowest BCUT2D eigenvalue weighted by Crippen LogP contribution is -2.37. The summed E-state index contributed by atoms with van der Waals surface area (Å²) in [6.45, 7) is 4.02. The molecule has 0 radical (unpaired) electrons. The molecule has 86 valence electrons. The van der Waals surface area contributed by atoms with Crippen LogP contribution in [0.1, 0.15) is 31.9 Å². The summed E-state index contributed by atoms with van der Waals surface area (Å²) in [7, 11) is 1.84. The predicted molar refractivity (Wildman–Crippen MR) is 58.4 cm³/mol. The first kappa shape index (κ1) is 12.1. The predicted octanol–water partition coefficient (Wildman–Crippen LogP) is 0.0198. The topological polar surface area (TPSA) is 77.0 Å². The molecule has 0 aromatic carbocycles. The lowest BCUT2D eigenvalue weighted by atomic mass is 10.0. The molecule has 1 unspecified atom stereocenters. The Balaban J connectivity index is 2.77. The Kier molecular flexibility index (Phi) is 3.82. The minimum atomic E-state index is -0.899. The smallest absolute Gasteiger partial charge is 0.150 e. The van der Waals surface area contributed by atoms with Gasteiger partial charge in [0.25, 0.3) is 0 Å². The maximum Gasteiger partial charge on any atom is 0.150 e. The van der Waals surface area contributed by atoms with Gasteiger partial charge >= 0.3 is 0 Å². The maximum atomic E-state index is 9.83. The zero-order chi connectivity index (χ0) is 11.5. The van der Waals surface area contributed by atoms with E-state index in [9.17, 15) is 5.11 Å². The van der Waals surface area contributed by atoms with Crippen molar-refractivity contribution in [3.8, 4) is 0 Å². The number of rotatable bonds is 5. The molecular formula is C10H20N4O. The lowest BCUT2D eigenvalue weighted by Gasteiger charge is -2.19. The third-order valence-corrected chi connectivity index (χ3v) is 2.35. The van der Waals surface area contributed by atoms with Crippen molar-refractivity contribution in [2.75, 3.05) is 6.54 Å². The number of aromatic nitrogens is 3. The molecule has 0 saturated heterocycles. The van der Waals surface area contributed by atoms with Gasteiger partial charge in [0, 0.05) is 26.4 Å². The van der Waals surface area contributed by atoms with Gasteiger partial charge in [-0.05, 0) is 13.3 Å². The van der Waals surface area contributed by atoms with E-state index in [0.29, 0.717) is 6.42 Å². The molecule has 1 atom stereocenters. The Morgan fingerprint density at radius 1 is 1.53 bits per heavy atom. The molecule has 1 aromatic heterocycles. The SMILES string of the molecule is CCCc1nc(CC(C)(O)CN)n(C)n1. The number of aliphatic hydroxyl groups is 1. The van der Waals surface area contributed by atoms with Crippen molar-refractivity contribution in [2.45, 2.75) is 38.7 Å². The number of aryl methyl sites for hydroxylation is 2. The van der Waals surface area contributed by atoms with Gasteiger partial charge in [0.15, 0.2) is 5.82 Å². The van der Waals surface area contributed by atoms with Crippen LogP contribution in [0.15, 0.2) is 0 Å². The number of hydrogen-bond acceptors (Lipinski definition) is 4. The van der Waals surface area contributed by atoms with Crippen molar-refractivity contribution in [1.29, 1.82) is 0 Å². The van der Waals surface area contributed by atoms with E-state index in [1.807, 2.05) is 7.05 Å². The fourth-order valence-corrected chi connectivity index (χ4v) is 1.37. The van der Waals surface area contributed by atoms with E-state index < -0.39 is 5.60 Å². The van der Waals surface area contributed by atoms with E-state index in [2.05, 4.69) is 17.0 Å². The van der Waals surface area contributed by atoms with Crippen LogP contribution in [0.3, 0.4) is 0 Å². The standard InChI is InChI=1S/C10H20N4O/c1-4-5-8-12-9(14(3)13-8)6-10(2,15)7-11/h15H,4-7,11H2,1-3H3. The van der Waals surface area contributed by atoms with E-state index in [1.54, 1.807) is 11.6 Å². The fraction of sp³-hybridized carbons (Fsp3) is 0.800. The van der Waals surface area contributed by atoms with Crippen LogP contribution in [0.25, 0.3) is 0 Å². The Morgan fingerprint density at radius 3 is 2.73 bits per heavy atom. The zero-order valence-electron chi connectivity index (χ0n) is 9.69. The summed E-state index contributed by atoms with van der Waals surface area (Å²) in [6.07, 6.45) is 2.34. The quantitative estimate of drug-likeness (QED) is 0.721. The zero-order valence-corrected chi connectivity index (χ0v) is 9.69. The molecular weight excluding hydrogens is 192 g/mol. The van der Waals surface area contributed by atoms with E-state index in [-0.39, 0.29) is 6.54 Å². The molecule has 3 N–H and O–H groups in total. The van der Waals surface area contributed by atoms with Gasteiger partial charge in [-0.2, -0.15) is 5.10 Å². The van der Waals surface area contributed by atoms with Gasteiger partial charge < -0.3 is 10.8 Å². The number of nitrogens with zero attached hydrogens (tertiary/aromatic N) is 3. The Labute approximate surface area is 90.3 Å². The summed E-state index contributed by atoms with van der Waals surface area (Å²) in [4.78, 5) is 4.37. The van der Waals surface area contributed by atoms with Gasteiger partial charge in [0.1, 0.15) is 5.82 Å². The summed E-state index contributed by atoms with van der Waals surface area (Å²) >= 11 is 0. The summed E-state index contributed by atoms with van der Waals surface area (Å²) in [6, 6.07) is 0. The summed E-state index contributed by atoms with van der Waals surface area (Å²) in [5.41, 5.74) is 4.56. The van der Waals surface area contributed by atoms with Crippen molar-refractivity contribution in [3.05, 3.63) is 11.6 Å². The van der Waals surface area contributed by atoms with E-state index in [4.69, 9.17) is 5.73 Å². The highest BCUT2D eigenvalue weighted by atomic mass is 16.3. The first-order chi connectivity index (χ1) is 6.98. The summed E-state index contributed by atoms with van der Waals surface area (Å²) in [5.74, 6) is 1.62. The average molecular weight is 212 g/mol. The van der Waals surface area contributed by atoms with Gasteiger partial charge in [-0.15, -0.1) is 0 Å². The Hall–Kier alpha value is -0.940. The maximum absolute atomic E-state index is 9.83. The molecule has 0 aliphatic rings. The largest absolute Gasteiger partial charge is 0.388 e. The Bertz CT molecular complexity index is 319. The van der Waals surface area contributed by atoms with Crippen LogP contribution >= 0.6 is 0 Å². The second-order valence-electron chi connectivity index (χ2n) is 4.20. The highest BCUT2D eigenvalue weighted by Gasteiger charge is 2.22. The molecule has 5 heteroatoms. The molecule has 0 fully saturated rings. The molecule has 0 aliphatic carbocycles. The van der Waals surface area contributed by atoms with E-state index >= 15 is 0 Å². The third-order valence-electron chi connectivity index (χ3n) is 2.35. The molecule has 0 aliphatic heterocycles. The molecule has 0 amide bonds. The summed E-state index contributed by atoms with van der Waals surface area (Å²) in [5, 5.41) is 14.1. The monoisotopic (exact) mass is 212 g/mol. The van der Waals surface area contributed by atoms with Crippen LogP contribution in [0, 0.1) is 0 Å². The summed E-state index contributed by atoms with van der Waals surface area (Å²) < 4.78 is 1.72. The van der Waals surface area contributed by atoms with Crippen LogP contribution in [-0.2, 0) is 19.9 Å². The second-order valence-corrected chi connectivity index (χ2v) is 4.20. The molecule has 1 heterocycles. The normalized spacial score (nSPS) is 15.3. The van der Waals surface area contributed by atoms with Gasteiger partial charge in [0.2, 0.25) is 0 Å². The van der Waals surface area contributed by atoms with Crippen LogP contribution in [0.4, 0.5) is 0 Å². The van der Waals surface area contributed by atoms with Gasteiger partial charge in [-0.3, -0.25) is 4.68 Å². The molecule has 0 spiro atoms. The first-order valence-corrected chi connectivity index (χ1v) is 5.29. The molecule has 0 bridgehead atoms. The van der Waals surface area contributed by atoms with E-state index in [1.165, 1.54) is 0 Å². The van der Waals surface area contributed by atoms with Crippen molar-refractivity contribution >= 4 is 0 Å². The minimum absolute atomic E-state index is 0.225.